The summed E-state index contributed by atoms with van der Waals surface area (Å²) in [4.78, 5) is 22.0. The smallest absolute Gasteiger partial charge is 0.255 e. The van der Waals surface area contributed by atoms with Gasteiger partial charge >= 0.3 is 0 Å². The van der Waals surface area contributed by atoms with E-state index in [2.05, 4.69) is 15.3 Å². The molecular formula is C20H28FN5O4S. The number of alkyl halides is 1. The van der Waals surface area contributed by atoms with E-state index >= 15 is 0 Å². The summed E-state index contributed by atoms with van der Waals surface area (Å²) in [5.74, 6) is 0.217. The predicted octanol–water partition coefficient (Wildman–Crippen LogP) is 1.23. The molecular weight excluding hydrogens is 425 g/mol. The van der Waals surface area contributed by atoms with Gasteiger partial charge in [-0.05, 0) is 25.3 Å². The van der Waals surface area contributed by atoms with Crippen LogP contribution in [0.2, 0.25) is 0 Å². The van der Waals surface area contributed by atoms with Gasteiger partial charge in [-0.15, -0.1) is 0 Å². The second-order valence-electron chi connectivity index (χ2n) is 8.41. The summed E-state index contributed by atoms with van der Waals surface area (Å²) in [5, 5.41) is 13.0. The van der Waals surface area contributed by atoms with Crippen molar-refractivity contribution in [3.63, 3.8) is 0 Å². The van der Waals surface area contributed by atoms with Crippen LogP contribution in [-0.2, 0) is 16.4 Å². The summed E-state index contributed by atoms with van der Waals surface area (Å²) in [6, 6.07) is 1.14. The number of hydrogen-bond donors (Lipinski definition) is 2. The Bertz CT molecular complexity index is 1120. The van der Waals surface area contributed by atoms with Gasteiger partial charge in [0.05, 0.1) is 12.3 Å². The Morgan fingerprint density at radius 3 is 2.68 bits per heavy atom. The topological polar surface area (TPSA) is 117 Å². The van der Waals surface area contributed by atoms with E-state index in [0.29, 0.717) is 23.0 Å². The number of aliphatic hydroxyl groups is 1. The van der Waals surface area contributed by atoms with E-state index in [0.717, 1.165) is 36.2 Å². The molecule has 9 nitrogen and oxygen atoms in total. The summed E-state index contributed by atoms with van der Waals surface area (Å²) >= 11 is 0. The largest absolute Gasteiger partial charge is 0.396 e. The number of halogens is 1. The van der Waals surface area contributed by atoms with Crippen LogP contribution in [0.1, 0.15) is 43.7 Å². The summed E-state index contributed by atoms with van der Waals surface area (Å²) in [7, 11) is -3.43. The molecule has 170 valence electrons. The van der Waals surface area contributed by atoms with Gasteiger partial charge in [0, 0.05) is 49.3 Å². The Morgan fingerprint density at radius 1 is 1.29 bits per heavy atom. The number of aliphatic hydroxyl groups excluding tert-OH is 1. The van der Waals surface area contributed by atoms with Gasteiger partial charge in [0.15, 0.2) is 0 Å². The number of sulfonamides is 1. The maximum absolute atomic E-state index is 14.7. The number of hydrogen-bond acceptors (Lipinski definition) is 7. The van der Waals surface area contributed by atoms with Crippen molar-refractivity contribution in [2.75, 3.05) is 31.3 Å². The van der Waals surface area contributed by atoms with Crippen LogP contribution in [0.15, 0.2) is 17.1 Å². The zero-order chi connectivity index (χ0) is 22.2. The summed E-state index contributed by atoms with van der Waals surface area (Å²) in [6.07, 6.45) is 5.71. The lowest BCUT2D eigenvalue weighted by Gasteiger charge is -2.33. The Kier molecular flexibility index (Phi) is 6.27. The number of aromatic nitrogens is 3. The van der Waals surface area contributed by atoms with Crippen LogP contribution in [-0.4, -0.2) is 70.5 Å². The van der Waals surface area contributed by atoms with Crippen LogP contribution in [0.25, 0.3) is 11.0 Å². The molecule has 3 heterocycles. The molecule has 0 radical (unpaired) electrons. The lowest BCUT2D eigenvalue weighted by molar-refractivity contribution is 0.186. The summed E-state index contributed by atoms with van der Waals surface area (Å²) < 4.78 is 40.9. The van der Waals surface area contributed by atoms with Crippen molar-refractivity contribution in [3.05, 3.63) is 28.2 Å². The SMILES string of the molecule is CS(=O)(=O)N1CC[C@H](Nc2ncc3cc(CCO)c(=O)n(C4CCCC4)c3n2)[C@@H](F)C1. The third-order valence-corrected chi connectivity index (χ3v) is 7.48. The van der Waals surface area contributed by atoms with Crippen molar-refractivity contribution in [2.24, 2.45) is 0 Å². The fraction of sp³-hybridized carbons (Fsp3) is 0.650. The molecule has 0 spiro atoms. The molecule has 2 aromatic heterocycles. The molecule has 1 saturated carbocycles. The van der Waals surface area contributed by atoms with E-state index in [9.17, 15) is 22.7 Å². The minimum atomic E-state index is -3.43. The van der Waals surface area contributed by atoms with Gasteiger partial charge in [-0.2, -0.15) is 9.29 Å². The Labute approximate surface area is 180 Å². The highest BCUT2D eigenvalue weighted by Gasteiger charge is 2.33. The first-order valence-electron chi connectivity index (χ1n) is 10.7. The molecule has 2 atom stereocenters. The molecule has 2 N–H and O–H groups in total. The van der Waals surface area contributed by atoms with Crippen molar-refractivity contribution in [1.82, 2.24) is 18.8 Å². The molecule has 2 aromatic rings. The van der Waals surface area contributed by atoms with Crippen molar-refractivity contribution in [1.29, 1.82) is 0 Å². The third kappa shape index (κ3) is 4.58. The molecule has 31 heavy (non-hydrogen) atoms. The summed E-state index contributed by atoms with van der Waals surface area (Å²) in [6.45, 7) is -0.0981. The Hall–Kier alpha value is -2.11. The van der Waals surface area contributed by atoms with E-state index < -0.39 is 22.2 Å². The highest BCUT2D eigenvalue weighted by molar-refractivity contribution is 7.88. The molecule has 2 fully saturated rings. The first-order valence-corrected chi connectivity index (χ1v) is 12.5. The van der Waals surface area contributed by atoms with Gasteiger partial charge in [-0.3, -0.25) is 9.36 Å². The van der Waals surface area contributed by atoms with Gasteiger partial charge in [0.1, 0.15) is 11.8 Å². The average molecular weight is 454 g/mol. The first kappa shape index (κ1) is 22.1. The molecule has 1 aliphatic carbocycles. The van der Waals surface area contributed by atoms with Crippen LogP contribution >= 0.6 is 0 Å². The van der Waals surface area contributed by atoms with Gasteiger partial charge in [0.25, 0.3) is 5.56 Å². The number of rotatable bonds is 6. The zero-order valence-corrected chi connectivity index (χ0v) is 18.3. The van der Waals surface area contributed by atoms with Crippen molar-refractivity contribution in [3.8, 4) is 0 Å². The zero-order valence-electron chi connectivity index (χ0n) is 17.5. The number of nitrogens with one attached hydrogen (secondary N) is 1. The molecule has 1 saturated heterocycles. The molecule has 0 amide bonds. The van der Waals surface area contributed by atoms with E-state index in [4.69, 9.17) is 0 Å². The van der Waals surface area contributed by atoms with Gasteiger partial charge in [-0.1, -0.05) is 12.8 Å². The maximum Gasteiger partial charge on any atom is 0.255 e. The minimum Gasteiger partial charge on any atom is -0.396 e. The fourth-order valence-electron chi connectivity index (χ4n) is 4.55. The van der Waals surface area contributed by atoms with E-state index in [1.54, 1.807) is 16.8 Å². The second-order valence-corrected chi connectivity index (χ2v) is 10.4. The van der Waals surface area contributed by atoms with Crippen LogP contribution in [0.3, 0.4) is 0 Å². The highest BCUT2D eigenvalue weighted by atomic mass is 32.2. The monoisotopic (exact) mass is 453 g/mol. The number of anilines is 1. The van der Waals surface area contributed by atoms with Crippen LogP contribution < -0.4 is 10.9 Å². The number of piperidine rings is 1. The molecule has 2 aliphatic rings. The lowest BCUT2D eigenvalue weighted by Crippen LogP contribution is -2.49. The Balaban J connectivity index is 1.65. The molecule has 1 aliphatic heterocycles. The maximum atomic E-state index is 14.7. The Morgan fingerprint density at radius 2 is 2.03 bits per heavy atom. The van der Waals surface area contributed by atoms with Crippen molar-refractivity contribution >= 4 is 27.0 Å². The quantitative estimate of drug-likeness (QED) is 0.675. The van der Waals surface area contributed by atoms with E-state index in [1.165, 1.54) is 0 Å². The van der Waals surface area contributed by atoms with Gasteiger partial charge in [0.2, 0.25) is 16.0 Å². The number of nitrogens with zero attached hydrogens (tertiary/aromatic N) is 4. The third-order valence-electron chi connectivity index (χ3n) is 6.21. The number of fused-ring (bicyclic) bond motifs is 1. The van der Waals surface area contributed by atoms with E-state index in [1.807, 2.05) is 0 Å². The predicted molar refractivity (Wildman–Crippen MR) is 115 cm³/mol. The van der Waals surface area contributed by atoms with Crippen LogP contribution in [0.5, 0.6) is 0 Å². The van der Waals surface area contributed by atoms with Crippen molar-refractivity contribution < 1.29 is 17.9 Å². The fourth-order valence-corrected chi connectivity index (χ4v) is 5.40. The normalized spacial score (nSPS) is 23.5. The lowest BCUT2D eigenvalue weighted by atomic mass is 10.1. The first-order chi connectivity index (χ1) is 14.8. The molecule has 11 heteroatoms. The van der Waals surface area contributed by atoms with E-state index in [-0.39, 0.29) is 43.7 Å². The molecule has 0 bridgehead atoms. The molecule has 0 aromatic carbocycles. The summed E-state index contributed by atoms with van der Waals surface area (Å²) in [5.41, 5.74) is 0.881. The van der Waals surface area contributed by atoms with Crippen LogP contribution in [0, 0.1) is 0 Å². The van der Waals surface area contributed by atoms with Crippen LogP contribution in [0.4, 0.5) is 10.3 Å². The number of pyridine rings is 1. The van der Waals surface area contributed by atoms with Gasteiger partial charge < -0.3 is 10.4 Å². The highest BCUT2D eigenvalue weighted by Crippen LogP contribution is 2.31. The van der Waals surface area contributed by atoms with Crippen molar-refractivity contribution in [2.45, 2.75) is 56.8 Å². The minimum absolute atomic E-state index is 0.0447. The van der Waals surface area contributed by atoms with Gasteiger partial charge in [-0.25, -0.2) is 17.8 Å². The molecule has 0 unspecified atom stereocenters. The second kappa shape index (κ2) is 8.79. The standard InChI is InChI=1S/C20H28FN5O4S/c1-31(29,30)25-8-6-17(16(21)12-25)23-20-22-11-14-10-13(7-9-27)19(28)26(18(14)24-20)15-4-2-3-5-15/h10-11,15-17,27H,2-9,12H2,1H3,(H,22,23,24)/t16-,17-/m0/s1. The average Bonchev–Trinajstić information content (AvgIpc) is 3.24. The molecule has 4 rings (SSSR count).